The largest absolute Gasteiger partial charge is 0.383 e. The molecule has 6 heteroatoms. The van der Waals surface area contributed by atoms with E-state index < -0.39 is 0 Å². The SMILES string of the molecule is CCCc1nc(N)c(C)c(N2CCCN(C(C)=O)CC2)n1. The molecule has 1 saturated heterocycles. The Bertz CT molecular complexity index is 517. The number of nitrogens with two attached hydrogens (primary N) is 1. The van der Waals surface area contributed by atoms with E-state index in [-0.39, 0.29) is 5.91 Å². The van der Waals surface area contributed by atoms with Crippen molar-refractivity contribution in [3.63, 3.8) is 0 Å². The third-order valence-corrected chi connectivity index (χ3v) is 3.92. The number of hydrogen-bond acceptors (Lipinski definition) is 5. The summed E-state index contributed by atoms with van der Waals surface area (Å²) in [5, 5.41) is 0. The molecule has 6 nitrogen and oxygen atoms in total. The van der Waals surface area contributed by atoms with Gasteiger partial charge >= 0.3 is 0 Å². The Kier molecular flexibility index (Phi) is 4.98. The number of rotatable bonds is 3. The van der Waals surface area contributed by atoms with E-state index in [4.69, 9.17) is 5.73 Å². The molecule has 1 amide bonds. The number of amides is 1. The molecule has 0 aromatic carbocycles. The Hall–Kier alpha value is -1.85. The van der Waals surface area contributed by atoms with Crippen LogP contribution < -0.4 is 10.6 Å². The monoisotopic (exact) mass is 291 g/mol. The van der Waals surface area contributed by atoms with Gasteiger partial charge in [0.2, 0.25) is 5.91 Å². The molecule has 2 rings (SSSR count). The van der Waals surface area contributed by atoms with Crippen molar-refractivity contribution < 1.29 is 4.79 Å². The van der Waals surface area contributed by atoms with Crippen molar-refractivity contribution >= 4 is 17.5 Å². The van der Waals surface area contributed by atoms with Crippen molar-refractivity contribution in [1.82, 2.24) is 14.9 Å². The minimum Gasteiger partial charge on any atom is -0.383 e. The molecular weight excluding hydrogens is 266 g/mol. The fourth-order valence-corrected chi connectivity index (χ4v) is 2.66. The fraction of sp³-hybridized carbons (Fsp3) is 0.667. The molecule has 1 aliphatic rings. The predicted molar refractivity (Wildman–Crippen MR) is 84.3 cm³/mol. The van der Waals surface area contributed by atoms with Crippen molar-refractivity contribution in [1.29, 1.82) is 0 Å². The van der Waals surface area contributed by atoms with E-state index in [9.17, 15) is 4.79 Å². The summed E-state index contributed by atoms with van der Waals surface area (Å²) in [4.78, 5) is 24.7. The lowest BCUT2D eigenvalue weighted by molar-refractivity contribution is -0.128. The highest BCUT2D eigenvalue weighted by atomic mass is 16.2. The van der Waals surface area contributed by atoms with Crippen LogP contribution in [-0.2, 0) is 11.2 Å². The summed E-state index contributed by atoms with van der Waals surface area (Å²) >= 11 is 0. The van der Waals surface area contributed by atoms with Crippen LogP contribution in [0.1, 0.15) is 38.1 Å². The highest BCUT2D eigenvalue weighted by Gasteiger charge is 2.20. The summed E-state index contributed by atoms with van der Waals surface area (Å²) < 4.78 is 0. The molecule has 1 aromatic rings. The Morgan fingerprint density at radius 1 is 1.24 bits per heavy atom. The Morgan fingerprint density at radius 2 is 2.00 bits per heavy atom. The van der Waals surface area contributed by atoms with E-state index in [0.29, 0.717) is 5.82 Å². The van der Waals surface area contributed by atoms with Gasteiger partial charge in [0.15, 0.2) is 0 Å². The first kappa shape index (κ1) is 15.5. The minimum atomic E-state index is 0.141. The number of nitrogens with zero attached hydrogens (tertiary/aromatic N) is 4. The van der Waals surface area contributed by atoms with Gasteiger partial charge in [-0.25, -0.2) is 9.97 Å². The number of aryl methyl sites for hydroxylation is 1. The van der Waals surface area contributed by atoms with Gasteiger partial charge in [-0.1, -0.05) is 6.92 Å². The average molecular weight is 291 g/mol. The van der Waals surface area contributed by atoms with Gasteiger partial charge in [0.25, 0.3) is 0 Å². The number of carbonyl (C=O) groups is 1. The first-order valence-corrected chi connectivity index (χ1v) is 7.66. The molecule has 116 valence electrons. The fourth-order valence-electron chi connectivity index (χ4n) is 2.66. The summed E-state index contributed by atoms with van der Waals surface area (Å²) in [7, 11) is 0. The van der Waals surface area contributed by atoms with Gasteiger partial charge in [0, 0.05) is 45.1 Å². The van der Waals surface area contributed by atoms with E-state index >= 15 is 0 Å². The Balaban J connectivity index is 2.22. The van der Waals surface area contributed by atoms with E-state index in [1.807, 2.05) is 11.8 Å². The second-order valence-electron chi connectivity index (χ2n) is 5.57. The lowest BCUT2D eigenvalue weighted by atomic mass is 10.2. The zero-order chi connectivity index (χ0) is 15.4. The summed E-state index contributed by atoms with van der Waals surface area (Å²) in [5.41, 5.74) is 6.97. The normalized spacial score (nSPS) is 16.0. The molecule has 0 spiro atoms. The van der Waals surface area contributed by atoms with Crippen LogP contribution in [0.25, 0.3) is 0 Å². The van der Waals surface area contributed by atoms with Crippen LogP contribution in [-0.4, -0.2) is 47.0 Å². The number of nitrogen functional groups attached to an aromatic ring is 1. The van der Waals surface area contributed by atoms with Crippen molar-refractivity contribution in [2.75, 3.05) is 36.8 Å². The van der Waals surface area contributed by atoms with Crippen LogP contribution in [0.5, 0.6) is 0 Å². The maximum absolute atomic E-state index is 11.5. The molecular formula is C15H25N5O. The predicted octanol–water partition coefficient (Wildman–Crippen LogP) is 1.38. The molecule has 0 aliphatic carbocycles. The third kappa shape index (κ3) is 3.62. The number of aromatic nitrogens is 2. The number of hydrogen-bond donors (Lipinski definition) is 1. The molecule has 0 saturated carbocycles. The van der Waals surface area contributed by atoms with Gasteiger partial charge in [-0.2, -0.15) is 0 Å². The average Bonchev–Trinajstić information content (AvgIpc) is 2.69. The smallest absolute Gasteiger partial charge is 0.219 e. The third-order valence-electron chi connectivity index (χ3n) is 3.92. The highest BCUT2D eigenvalue weighted by molar-refractivity contribution is 5.73. The van der Waals surface area contributed by atoms with Crippen molar-refractivity contribution in [2.45, 2.75) is 40.0 Å². The van der Waals surface area contributed by atoms with Crippen molar-refractivity contribution in [3.8, 4) is 0 Å². The van der Waals surface area contributed by atoms with Gasteiger partial charge in [-0.15, -0.1) is 0 Å². The van der Waals surface area contributed by atoms with E-state index in [1.165, 1.54) is 0 Å². The van der Waals surface area contributed by atoms with Gasteiger partial charge in [0.1, 0.15) is 17.5 Å². The van der Waals surface area contributed by atoms with Crippen molar-refractivity contribution in [3.05, 3.63) is 11.4 Å². The quantitative estimate of drug-likeness (QED) is 0.910. The van der Waals surface area contributed by atoms with Crippen LogP contribution in [0.15, 0.2) is 0 Å². The second-order valence-corrected chi connectivity index (χ2v) is 5.57. The van der Waals surface area contributed by atoms with Crippen LogP contribution in [0.2, 0.25) is 0 Å². The van der Waals surface area contributed by atoms with Gasteiger partial charge < -0.3 is 15.5 Å². The van der Waals surface area contributed by atoms with Gasteiger partial charge in [-0.05, 0) is 19.8 Å². The Labute approximate surface area is 126 Å². The zero-order valence-corrected chi connectivity index (χ0v) is 13.2. The number of carbonyl (C=O) groups excluding carboxylic acids is 1. The molecule has 0 atom stereocenters. The van der Waals surface area contributed by atoms with Crippen molar-refractivity contribution in [2.24, 2.45) is 0 Å². The first-order chi connectivity index (χ1) is 10.0. The van der Waals surface area contributed by atoms with Crippen LogP contribution in [0, 0.1) is 6.92 Å². The Morgan fingerprint density at radius 3 is 2.67 bits per heavy atom. The lowest BCUT2D eigenvalue weighted by Gasteiger charge is -2.24. The molecule has 1 aliphatic heterocycles. The molecule has 21 heavy (non-hydrogen) atoms. The summed E-state index contributed by atoms with van der Waals surface area (Å²) in [6.45, 7) is 8.94. The second kappa shape index (κ2) is 6.74. The van der Waals surface area contributed by atoms with Crippen LogP contribution in [0.4, 0.5) is 11.6 Å². The lowest BCUT2D eigenvalue weighted by Crippen LogP contribution is -2.34. The maximum Gasteiger partial charge on any atom is 0.219 e. The van der Waals surface area contributed by atoms with Crippen LogP contribution in [0.3, 0.4) is 0 Å². The summed E-state index contributed by atoms with van der Waals surface area (Å²) in [6.07, 6.45) is 2.79. The summed E-state index contributed by atoms with van der Waals surface area (Å²) in [6, 6.07) is 0. The standard InChI is InChI=1S/C15H25N5O/c1-4-6-13-17-14(16)11(2)15(18-13)20-8-5-7-19(9-10-20)12(3)21/h4-10H2,1-3H3,(H2,16,17,18). The van der Waals surface area contributed by atoms with Gasteiger partial charge in [-0.3, -0.25) is 4.79 Å². The zero-order valence-electron chi connectivity index (χ0n) is 13.2. The topological polar surface area (TPSA) is 75.3 Å². The molecule has 2 heterocycles. The molecule has 0 unspecified atom stereocenters. The van der Waals surface area contributed by atoms with E-state index in [0.717, 1.165) is 62.6 Å². The number of anilines is 2. The highest BCUT2D eigenvalue weighted by Crippen LogP contribution is 2.23. The van der Waals surface area contributed by atoms with E-state index in [2.05, 4.69) is 21.8 Å². The summed E-state index contributed by atoms with van der Waals surface area (Å²) in [5.74, 6) is 2.44. The minimum absolute atomic E-state index is 0.141. The molecule has 0 radical (unpaired) electrons. The molecule has 0 bridgehead atoms. The van der Waals surface area contributed by atoms with E-state index in [1.54, 1.807) is 6.92 Å². The molecule has 1 aromatic heterocycles. The maximum atomic E-state index is 11.5. The first-order valence-electron chi connectivity index (χ1n) is 7.66. The molecule has 2 N–H and O–H groups in total. The van der Waals surface area contributed by atoms with Gasteiger partial charge in [0.05, 0.1) is 0 Å². The molecule has 1 fully saturated rings. The van der Waals surface area contributed by atoms with Crippen LogP contribution >= 0.6 is 0 Å².